The summed E-state index contributed by atoms with van der Waals surface area (Å²) in [4.78, 5) is 13.7. The van der Waals surface area contributed by atoms with Gasteiger partial charge in [-0.3, -0.25) is 19.2 Å². The van der Waals surface area contributed by atoms with E-state index in [-0.39, 0.29) is 18.4 Å². The van der Waals surface area contributed by atoms with Crippen molar-refractivity contribution in [1.82, 2.24) is 19.7 Å². The van der Waals surface area contributed by atoms with Crippen molar-refractivity contribution in [3.8, 4) is 6.07 Å². The Kier molecular flexibility index (Phi) is 7.27. The van der Waals surface area contributed by atoms with Crippen molar-refractivity contribution in [2.45, 2.75) is 18.4 Å². The van der Waals surface area contributed by atoms with Gasteiger partial charge in [0.1, 0.15) is 0 Å². The minimum atomic E-state index is -2.38. The molecule has 1 aromatic carbocycles. The Balaban J connectivity index is 1.90. The van der Waals surface area contributed by atoms with Crippen molar-refractivity contribution in [2.75, 3.05) is 0 Å². The summed E-state index contributed by atoms with van der Waals surface area (Å²) >= 11 is -2.38. The van der Waals surface area contributed by atoms with Crippen LogP contribution in [0.1, 0.15) is 45.6 Å². The second-order valence-electron chi connectivity index (χ2n) is 7.34. The molecule has 8 heteroatoms. The Labute approximate surface area is 194 Å². The highest BCUT2D eigenvalue weighted by Crippen LogP contribution is 2.41. The molecular weight excluding hydrogens is 434 g/mol. The van der Waals surface area contributed by atoms with Crippen LogP contribution in [-0.2, 0) is 17.8 Å². The van der Waals surface area contributed by atoms with E-state index in [0.29, 0.717) is 11.3 Å². The third-order valence-electron chi connectivity index (χ3n) is 5.28. The highest BCUT2D eigenvalue weighted by atomic mass is 32.2. The summed E-state index contributed by atoms with van der Waals surface area (Å²) in [6.07, 6.45) is 5.26. The van der Waals surface area contributed by atoms with Gasteiger partial charge in [0.25, 0.3) is 0 Å². The fourth-order valence-electron chi connectivity index (χ4n) is 3.89. The topological polar surface area (TPSA) is 115 Å². The lowest BCUT2D eigenvalue weighted by atomic mass is 9.77. The van der Waals surface area contributed by atoms with E-state index in [9.17, 15) is 14.0 Å². The van der Waals surface area contributed by atoms with E-state index in [2.05, 4.69) is 20.8 Å². The van der Waals surface area contributed by atoms with Gasteiger partial charge in [0.05, 0.1) is 17.3 Å². The van der Waals surface area contributed by atoms with E-state index >= 15 is 0 Å². The summed E-state index contributed by atoms with van der Waals surface area (Å²) < 4.78 is 24.3. The molecule has 0 saturated heterocycles. The van der Waals surface area contributed by atoms with E-state index in [4.69, 9.17) is 4.98 Å². The number of rotatable bonds is 8. The van der Waals surface area contributed by atoms with Gasteiger partial charge in [-0.2, -0.15) is 5.26 Å². The van der Waals surface area contributed by atoms with Gasteiger partial charge >= 0.3 is 0 Å². The van der Waals surface area contributed by atoms with Crippen LogP contribution in [0.25, 0.3) is 0 Å². The zero-order valence-electron chi connectivity index (χ0n) is 17.5. The van der Waals surface area contributed by atoms with Crippen LogP contribution >= 0.6 is 0 Å². The minimum Gasteiger partial charge on any atom is -0.760 e. The van der Waals surface area contributed by atoms with Gasteiger partial charge in [0, 0.05) is 59.6 Å². The number of nitrogens with zero attached hydrogens (tertiary/aromatic N) is 4. The molecule has 0 saturated carbocycles. The molecule has 0 amide bonds. The zero-order chi connectivity index (χ0) is 23.0. The van der Waals surface area contributed by atoms with Crippen LogP contribution in [0, 0.1) is 11.3 Å². The van der Waals surface area contributed by atoms with Gasteiger partial charge < -0.3 is 4.55 Å². The lowest BCUT2D eigenvalue weighted by Gasteiger charge is -2.28. The van der Waals surface area contributed by atoms with Crippen LogP contribution in [0.4, 0.5) is 0 Å². The first-order valence-corrected chi connectivity index (χ1v) is 11.3. The van der Waals surface area contributed by atoms with E-state index in [1.165, 1.54) is 0 Å². The Bertz CT molecular complexity index is 1280. The van der Waals surface area contributed by atoms with Crippen LogP contribution < -0.4 is 4.72 Å². The van der Waals surface area contributed by atoms with Crippen LogP contribution in [0.5, 0.6) is 0 Å². The first-order chi connectivity index (χ1) is 16.2. The SMILES string of the molecule is N#Cc1cccc(C(c2ccccn2)C(c2cccnc2)c2cccc(CNS(=O)[O-])n2)c1. The number of aromatic nitrogens is 3. The third kappa shape index (κ3) is 5.54. The number of benzene rings is 1. The highest BCUT2D eigenvalue weighted by Gasteiger charge is 2.30. The quantitative estimate of drug-likeness (QED) is 0.407. The summed E-state index contributed by atoms with van der Waals surface area (Å²) in [6.45, 7) is 0.0852. The fraction of sp³-hybridized carbons (Fsp3) is 0.120. The van der Waals surface area contributed by atoms with E-state index in [1.807, 2.05) is 60.7 Å². The number of pyridine rings is 3. The Morgan fingerprint density at radius 3 is 2.45 bits per heavy atom. The van der Waals surface area contributed by atoms with Gasteiger partial charge in [-0.15, -0.1) is 0 Å². The summed E-state index contributed by atoms with van der Waals surface area (Å²) in [7, 11) is 0. The van der Waals surface area contributed by atoms with E-state index in [0.717, 1.165) is 22.5 Å². The molecule has 164 valence electrons. The van der Waals surface area contributed by atoms with Crippen molar-refractivity contribution in [3.05, 3.63) is 125 Å². The minimum absolute atomic E-state index is 0.0852. The molecule has 1 N–H and O–H groups in total. The van der Waals surface area contributed by atoms with Crippen molar-refractivity contribution in [2.24, 2.45) is 0 Å². The van der Waals surface area contributed by atoms with Gasteiger partial charge in [0.2, 0.25) is 0 Å². The van der Waals surface area contributed by atoms with E-state index in [1.54, 1.807) is 30.7 Å². The molecule has 0 bridgehead atoms. The first-order valence-electron chi connectivity index (χ1n) is 10.2. The molecule has 3 aromatic heterocycles. The molecular formula is C25H20N5O2S-. The lowest BCUT2D eigenvalue weighted by molar-refractivity contribution is 0.521. The van der Waals surface area contributed by atoms with Crippen LogP contribution in [0.2, 0.25) is 0 Å². The summed E-state index contributed by atoms with van der Waals surface area (Å²) in [5, 5.41) is 9.48. The smallest absolute Gasteiger partial charge is 0.0991 e. The van der Waals surface area contributed by atoms with Crippen molar-refractivity contribution >= 4 is 11.3 Å². The molecule has 0 radical (unpaired) electrons. The average Bonchev–Trinajstić information content (AvgIpc) is 2.87. The predicted octanol–water partition coefficient (Wildman–Crippen LogP) is 3.59. The third-order valence-corrected chi connectivity index (χ3v) is 5.66. The van der Waals surface area contributed by atoms with E-state index < -0.39 is 11.3 Å². The summed E-state index contributed by atoms with van der Waals surface area (Å²) in [6, 6.07) is 24.9. The second kappa shape index (κ2) is 10.7. The molecule has 3 heterocycles. The summed E-state index contributed by atoms with van der Waals surface area (Å²) in [5.41, 5.74) is 4.58. The molecule has 3 atom stereocenters. The van der Waals surface area contributed by atoms with Gasteiger partial charge in [-0.1, -0.05) is 30.3 Å². The molecule has 0 fully saturated rings. The normalized spacial score (nSPS) is 13.6. The molecule has 33 heavy (non-hydrogen) atoms. The largest absolute Gasteiger partial charge is 0.760 e. The van der Waals surface area contributed by atoms with Gasteiger partial charge in [-0.25, -0.2) is 4.72 Å². The molecule has 0 spiro atoms. The van der Waals surface area contributed by atoms with Gasteiger partial charge in [-0.05, 0) is 53.6 Å². The Morgan fingerprint density at radius 2 is 1.73 bits per heavy atom. The molecule has 3 unspecified atom stereocenters. The number of hydrogen-bond donors (Lipinski definition) is 1. The predicted molar refractivity (Wildman–Crippen MR) is 123 cm³/mol. The maximum atomic E-state index is 11.0. The Hall–Kier alpha value is -3.77. The maximum absolute atomic E-state index is 11.0. The van der Waals surface area contributed by atoms with Crippen LogP contribution in [0.3, 0.4) is 0 Å². The second-order valence-corrected chi connectivity index (χ2v) is 8.10. The zero-order valence-corrected chi connectivity index (χ0v) is 18.4. The molecule has 7 nitrogen and oxygen atoms in total. The number of hydrogen-bond acceptors (Lipinski definition) is 6. The summed E-state index contributed by atoms with van der Waals surface area (Å²) in [5.74, 6) is -0.534. The maximum Gasteiger partial charge on any atom is 0.0991 e. The lowest BCUT2D eigenvalue weighted by Crippen LogP contribution is -2.20. The molecule has 4 aromatic rings. The fourth-order valence-corrected chi connectivity index (χ4v) is 4.16. The first kappa shape index (κ1) is 22.4. The van der Waals surface area contributed by atoms with Crippen LogP contribution in [-0.4, -0.2) is 23.7 Å². The average molecular weight is 455 g/mol. The van der Waals surface area contributed by atoms with Crippen LogP contribution in [0.15, 0.2) is 91.4 Å². The number of nitriles is 1. The molecule has 4 rings (SSSR count). The van der Waals surface area contributed by atoms with Gasteiger partial charge in [0.15, 0.2) is 0 Å². The van der Waals surface area contributed by atoms with Crippen molar-refractivity contribution in [1.29, 1.82) is 5.26 Å². The highest BCUT2D eigenvalue weighted by molar-refractivity contribution is 7.77. The number of nitrogens with one attached hydrogen (secondary N) is 1. The monoisotopic (exact) mass is 454 g/mol. The molecule has 0 aliphatic rings. The standard InChI is InChI=1S/C25H21N5O2S/c26-15-18-6-3-7-19(14-18)24(22-10-1-2-13-28-22)25(20-8-5-12-27-16-20)23-11-4-9-21(30-23)17-29-33(31)32/h1-14,16,24-25,29H,17H2,(H,31,32)/p-1. The van der Waals surface area contributed by atoms with Crippen molar-refractivity contribution in [3.63, 3.8) is 0 Å². The molecule has 0 aliphatic carbocycles. The Morgan fingerprint density at radius 1 is 0.939 bits per heavy atom. The molecule has 0 aliphatic heterocycles. The van der Waals surface area contributed by atoms with Crippen molar-refractivity contribution < 1.29 is 8.76 Å².